The highest BCUT2D eigenvalue weighted by atomic mass is 16.2. The summed E-state index contributed by atoms with van der Waals surface area (Å²) in [5.41, 5.74) is 4.31. The normalized spacial score (nSPS) is 17.0. The number of pyridine rings is 2. The van der Waals surface area contributed by atoms with Crippen molar-refractivity contribution in [2.75, 3.05) is 11.9 Å². The number of aryl methyl sites for hydroxylation is 3. The van der Waals surface area contributed by atoms with Crippen molar-refractivity contribution in [1.29, 1.82) is 0 Å². The number of hydrogen-bond donors (Lipinski definition) is 1. The Morgan fingerprint density at radius 2 is 2.15 bits per heavy atom. The molecule has 26 heavy (non-hydrogen) atoms. The van der Waals surface area contributed by atoms with Crippen LogP contribution < -0.4 is 5.32 Å². The van der Waals surface area contributed by atoms with Crippen LogP contribution >= 0.6 is 0 Å². The monoisotopic (exact) mass is 350 g/mol. The van der Waals surface area contributed by atoms with Gasteiger partial charge in [0.15, 0.2) is 5.65 Å². The predicted molar refractivity (Wildman–Crippen MR) is 99.9 cm³/mol. The van der Waals surface area contributed by atoms with Crippen molar-refractivity contribution >= 4 is 22.8 Å². The molecule has 7 nitrogen and oxygen atoms in total. The minimum Gasteiger partial charge on any atom is -0.316 e. The van der Waals surface area contributed by atoms with Crippen LogP contribution in [-0.2, 0) is 7.05 Å². The Hall–Kier alpha value is -2.96. The fraction of sp³-hybridized carbons (Fsp3) is 0.368. The van der Waals surface area contributed by atoms with Crippen LogP contribution in [0.15, 0.2) is 30.5 Å². The molecule has 134 valence electrons. The minimum atomic E-state index is -0.113. The van der Waals surface area contributed by atoms with E-state index in [1.165, 1.54) is 0 Å². The molecule has 3 aromatic heterocycles. The number of fused-ring (bicyclic) bond motifs is 1. The van der Waals surface area contributed by atoms with E-state index < -0.39 is 0 Å². The number of aromatic nitrogens is 4. The Balaban J connectivity index is 1.56. The fourth-order valence-electron chi connectivity index (χ4n) is 3.64. The number of nitrogens with zero attached hydrogens (tertiary/aromatic N) is 5. The molecule has 0 saturated carbocycles. The molecule has 1 fully saturated rings. The molecule has 2 amide bonds. The van der Waals surface area contributed by atoms with Gasteiger partial charge in [0.2, 0.25) is 0 Å². The summed E-state index contributed by atoms with van der Waals surface area (Å²) >= 11 is 0. The Morgan fingerprint density at radius 1 is 1.31 bits per heavy atom. The Labute approximate surface area is 152 Å². The van der Waals surface area contributed by atoms with Crippen LogP contribution in [0.25, 0.3) is 11.0 Å². The van der Waals surface area contributed by atoms with Crippen molar-refractivity contribution in [3.63, 3.8) is 0 Å². The smallest absolute Gasteiger partial charge is 0.316 e. The molecule has 1 N–H and O–H groups in total. The Morgan fingerprint density at radius 3 is 2.96 bits per heavy atom. The van der Waals surface area contributed by atoms with E-state index >= 15 is 0 Å². The summed E-state index contributed by atoms with van der Waals surface area (Å²) in [5.74, 6) is 0. The van der Waals surface area contributed by atoms with Gasteiger partial charge in [0.25, 0.3) is 0 Å². The highest BCUT2D eigenvalue weighted by molar-refractivity contribution is 5.92. The zero-order chi connectivity index (χ0) is 18.3. The SMILES string of the molecule is Cc1cccc(C2CCCN2C(=O)Nc2cnc3c(c2)c(C)nn3C)n1. The second-order valence-corrected chi connectivity index (χ2v) is 6.79. The van der Waals surface area contributed by atoms with E-state index in [1.54, 1.807) is 10.9 Å². The van der Waals surface area contributed by atoms with Crippen molar-refractivity contribution in [2.45, 2.75) is 32.7 Å². The number of carbonyl (C=O) groups excluding carboxylic acids is 1. The maximum Gasteiger partial charge on any atom is 0.322 e. The van der Waals surface area contributed by atoms with Crippen LogP contribution in [-0.4, -0.2) is 37.2 Å². The van der Waals surface area contributed by atoms with Crippen molar-refractivity contribution in [2.24, 2.45) is 7.05 Å². The van der Waals surface area contributed by atoms with Crippen molar-refractivity contribution in [3.8, 4) is 0 Å². The summed E-state index contributed by atoms with van der Waals surface area (Å²) in [7, 11) is 1.87. The number of rotatable bonds is 2. The first-order valence-electron chi connectivity index (χ1n) is 8.83. The number of anilines is 1. The zero-order valence-electron chi connectivity index (χ0n) is 15.2. The maximum absolute atomic E-state index is 12.8. The molecule has 7 heteroatoms. The zero-order valence-corrected chi connectivity index (χ0v) is 15.2. The topological polar surface area (TPSA) is 75.9 Å². The fourth-order valence-corrected chi connectivity index (χ4v) is 3.64. The van der Waals surface area contributed by atoms with Gasteiger partial charge in [0.05, 0.1) is 29.3 Å². The molecule has 0 spiro atoms. The maximum atomic E-state index is 12.8. The van der Waals surface area contributed by atoms with Crippen LogP contribution in [0.4, 0.5) is 10.5 Å². The molecule has 0 bridgehead atoms. The molecule has 0 aliphatic carbocycles. The number of urea groups is 1. The van der Waals surface area contributed by atoms with Gasteiger partial charge in [-0.3, -0.25) is 9.67 Å². The van der Waals surface area contributed by atoms with E-state index in [9.17, 15) is 4.79 Å². The Bertz CT molecular complexity index is 979. The molecule has 1 atom stereocenters. The summed E-state index contributed by atoms with van der Waals surface area (Å²) in [4.78, 5) is 23.7. The third-order valence-electron chi connectivity index (χ3n) is 4.88. The number of carbonyl (C=O) groups is 1. The summed E-state index contributed by atoms with van der Waals surface area (Å²) < 4.78 is 1.75. The summed E-state index contributed by atoms with van der Waals surface area (Å²) in [6.45, 7) is 4.64. The highest BCUT2D eigenvalue weighted by Crippen LogP contribution is 2.31. The van der Waals surface area contributed by atoms with Gasteiger partial charge in [-0.1, -0.05) is 6.07 Å². The van der Waals surface area contributed by atoms with Crippen molar-refractivity contribution in [3.05, 3.63) is 47.5 Å². The second-order valence-electron chi connectivity index (χ2n) is 6.79. The molecule has 1 unspecified atom stereocenters. The van der Waals surface area contributed by atoms with Crippen LogP contribution in [0, 0.1) is 13.8 Å². The van der Waals surface area contributed by atoms with Gasteiger partial charge >= 0.3 is 6.03 Å². The number of likely N-dealkylation sites (tertiary alicyclic amines) is 1. The van der Waals surface area contributed by atoms with E-state index in [0.29, 0.717) is 5.69 Å². The third-order valence-corrected chi connectivity index (χ3v) is 4.88. The van der Waals surface area contributed by atoms with E-state index in [2.05, 4.69) is 20.4 Å². The highest BCUT2D eigenvalue weighted by Gasteiger charge is 2.31. The lowest BCUT2D eigenvalue weighted by atomic mass is 10.1. The quantitative estimate of drug-likeness (QED) is 0.769. The molecule has 1 aliphatic rings. The second kappa shape index (κ2) is 6.40. The first-order valence-corrected chi connectivity index (χ1v) is 8.83. The largest absolute Gasteiger partial charge is 0.322 e. The van der Waals surface area contributed by atoms with Crippen LogP contribution in [0.1, 0.15) is 36.0 Å². The molecule has 0 aromatic carbocycles. The minimum absolute atomic E-state index is 0.0201. The van der Waals surface area contributed by atoms with Crippen molar-refractivity contribution in [1.82, 2.24) is 24.6 Å². The average molecular weight is 350 g/mol. The lowest BCUT2D eigenvalue weighted by Gasteiger charge is -2.24. The van der Waals surface area contributed by atoms with Gasteiger partial charge in [-0.2, -0.15) is 5.10 Å². The van der Waals surface area contributed by atoms with Crippen LogP contribution in [0.3, 0.4) is 0 Å². The van der Waals surface area contributed by atoms with Crippen LogP contribution in [0.2, 0.25) is 0 Å². The van der Waals surface area contributed by atoms with Gasteiger partial charge in [0, 0.05) is 24.7 Å². The van der Waals surface area contributed by atoms with Crippen LogP contribution in [0.5, 0.6) is 0 Å². The molecule has 1 aliphatic heterocycles. The summed E-state index contributed by atoms with van der Waals surface area (Å²) in [6.07, 6.45) is 3.59. The number of nitrogens with one attached hydrogen (secondary N) is 1. The van der Waals surface area contributed by atoms with Gasteiger partial charge < -0.3 is 10.2 Å². The average Bonchev–Trinajstić information content (AvgIpc) is 3.20. The lowest BCUT2D eigenvalue weighted by Crippen LogP contribution is -2.34. The first kappa shape index (κ1) is 16.5. The van der Waals surface area contributed by atoms with E-state index in [-0.39, 0.29) is 12.1 Å². The van der Waals surface area contributed by atoms with E-state index in [0.717, 1.165) is 47.5 Å². The molecule has 4 heterocycles. The molecular weight excluding hydrogens is 328 g/mol. The Kier molecular flexibility index (Phi) is 4.06. The van der Waals surface area contributed by atoms with E-state index in [1.807, 2.05) is 50.1 Å². The lowest BCUT2D eigenvalue weighted by molar-refractivity contribution is 0.206. The van der Waals surface area contributed by atoms with Gasteiger partial charge in [-0.25, -0.2) is 9.78 Å². The summed E-state index contributed by atoms with van der Waals surface area (Å²) in [5, 5.41) is 8.30. The van der Waals surface area contributed by atoms with Gasteiger partial charge in [0.1, 0.15) is 0 Å². The summed E-state index contributed by atoms with van der Waals surface area (Å²) in [6, 6.07) is 7.80. The van der Waals surface area contributed by atoms with Crippen molar-refractivity contribution < 1.29 is 4.79 Å². The number of hydrogen-bond acceptors (Lipinski definition) is 4. The first-order chi connectivity index (χ1) is 12.5. The standard InChI is InChI=1S/C19H22N6O/c1-12-6-4-7-16(21-12)17-8-5-9-25(17)19(26)22-14-10-15-13(2)23-24(3)18(15)20-11-14/h4,6-7,10-11,17H,5,8-9H2,1-3H3,(H,22,26). The third kappa shape index (κ3) is 2.89. The number of amides is 2. The van der Waals surface area contributed by atoms with E-state index in [4.69, 9.17) is 0 Å². The molecule has 4 rings (SSSR count). The molecule has 3 aromatic rings. The molecular formula is C19H22N6O. The van der Waals surface area contributed by atoms with Gasteiger partial charge in [-0.15, -0.1) is 0 Å². The predicted octanol–water partition coefficient (Wildman–Crippen LogP) is 3.35. The van der Waals surface area contributed by atoms with Gasteiger partial charge in [-0.05, 0) is 44.9 Å². The molecule has 1 saturated heterocycles. The molecule has 0 radical (unpaired) electrons.